The predicted octanol–water partition coefficient (Wildman–Crippen LogP) is 2.21. The second-order valence-electron chi connectivity index (χ2n) is 5.14. The van der Waals surface area contributed by atoms with E-state index in [1.807, 2.05) is 4.90 Å². The first kappa shape index (κ1) is 12.2. The number of carbonyl (C=O) groups is 1. The molecule has 0 radical (unpaired) electrons. The predicted molar refractivity (Wildman–Crippen MR) is 71.5 cm³/mol. The molecule has 1 amide bonds. The molecule has 2 heterocycles. The molecule has 1 aliphatic carbocycles. The van der Waals surface area contributed by atoms with E-state index < -0.39 is 0 Å². The van der Waals surface area contributed by atoms with Crippen molar-refractivity contribution in [2.24, 2.45) is 5.92 Å². The molecule has 1 saturated carbocycles. The Morgan fingerprint density at radius 1 is 1.28 bits per heavy atom. The molecule has 1 aliphatic heterocycles. The van der Waals surface area contributed by atoms with Crippen molar-refractivity contribution in [3.63, 3.8) is 0 Å². The van der Waals surface area contributed by atoms with Crippen LogP contribution in [0.25, 0.3) is 0 Å². The van der Waals surface area contributed by atoms with Gasteiger partial charge in [0.2, 0.25) is 0 Å². The van der Waals surface area contributed by atoms with Gasteiger partial charge >= 0.3 is 0 Å². The van der Waals surface area contributed by atoms with Crippen LogP contribution in [0.4, 0.5) is 0 Å². The molecule has 18 heavy (non-hydrogen) atoms. The Kier molecular flexibility index (Phi) is 3.43. The fourth-order valence-corrected chi connectivity index (χ4v) is 2.69. The number of hydrogen-bond donors (Lipinski definition) is 0. The fourth-order valence-electron chi connectivity index (χ4n) is 2.38. The Balaban J connectivity index is 1.53. The Morgan fingerprint density at radius 2 is 2.00 bits per heavy atom. The van der Waals surface area contributed by atoms with Gasteiger partial charge in [0.25, 0.3) is 5.91 Å². The smallest absolute Gasteiger partial charge is 0.289 e. The first-order chi connectivity index (χ1) is 8.72. The lowest BCUT2D eigenvalue weighted by atomic mass is 10.2. The van der Waals surface area contributed by atoms with Crippen LogP contribution in [0.2, 0.25) is 0 Å². The van der Waals surface area contributed by atoms with Gasteiger partial charge in [0, 0.05) is 32.7 Å². The average Bonchev–Trinajstić information content (AvgIpc) is 3.09. The van der Waals surface area contributed by atoms with Crippen LogP contribution in [-0.4, -0.2) is 48.4 Å². The Hall–Kier alpha value is -0.810. The summed E-state index contributed by atoms with van der Waals surface area (Å²) in [5.74, 6) is 1.36. The highest BCUT2D eigenvalue weighted by Crippen LogP contribution is 2.30. The summed E-state index contributed by atoms with van der Waals surface area (Å²) in [5, 5.41) is 0. The van der Waals surface area contributed by atoms with Crippen molar-refractivity contribution in [3.05, 3.63) is 22.6 Å². The minimum Gasteiger partial charge on any atom is -0.444 e. The maximum atomic E-state index is 12.1. The summed E-state index contributed by atoms with van der Waals surface area (Å²) in [6.07, 6.45) is 2.78. The van der Waals surface area contributed by atoms with E-state index in [0.717, 1.165) is 32.1 Å². The van der Waals surface area contributed by atoms with Gasteiger partial charge in [-0.05, 0) is 46.8 Å². The molecule has 0 atom stereocenters. The van der Waals surface area contributed by atoms with Crippen LogP contribution in [0.5, 0.6) is 0 Å². The molecule has 3 rings (SSSR count). The number of halogens is 1. The largest absolute Gasteiger partial charge is 0.444 e. The van der Waals surface area contributed by atoms with Gasteiger partial charge in [-0.25, -0.2) is 0 Å². The van der Waals surface area contributed by atoms with Crippen molar-refractivity contribution in [1.29, 1.82) is 0 Å². The van der Waals surface area contributed by atoms with E-state index in [-0.39, 0.29) is 5.91 Å². The van der Waals surface area contributed by atoms with E-state index in [1.54, 1.807) is 12.1 Å². The molecule has 0 spiro atoms. The van der Waals surface area contributed by atoms with Crippen LogP contribution in [-0.2, 0) is 0 Å². The van der Waals surface area contributed by atoms with Crippen LogP contribution in [0.3, 0.4) is 0 Å². The molecular weight excluding hydrogens is 296 g/mol. The first-order valence-corrected chi connectivity index (χ1v) is 7.28. The molecule has 5 heteroatoms. The topological polar surface area (TPSA) is 36.7 Å². The standard InChI is InChI=1S/C13H17BrN2O2/c14-12-4-3-11(18-12)13(17)16-7-5-15(6-8-16)9-10-1-2-10/h3-4,10H,1-2,5-9H2. The number of hydrogen-bond acceptors (Lipinski definition) is 3. The number of nitrogens with zero attached hydrogens (tertiary/aromatic N) is 2. The average molecular weight is 313 g/mol. The van der Waals surface area contributed by atoms with E-state index in [1.165, 1.54) is 19.4 Å². The van der Waals surface area contributed by atoms with Crippen molar-refractivity contribution in [2.45, 2.75) is 12.8 Å². The molecule has 1 saturated heterocycles. The van der Waals surface area contributed by atoms with E-state index in [9.17, 15) is 4.79 Å². The van der Waals surface area contributed by atoms with Crippen molar-refractivity contribution in [1.82, 2.24) is 9.80 Å². The molecule has 1 aromatic rings. The van der Waals surface area contributed by atoms with Crippen molar-refractivity contribution in [3.8, 4) is 0 Å². The number of piperazine rings is 1. The highest BCUT2D eigenvalue weighted by molar-refractivity contribution is 9.10. The molecule has 98 valence electrons. The normalized spacial score (nSPS) is 21.3. The zero-order valence-corrected chi connectivity index (χ0v) is 11.9. The number of furan rings is 1. The van der Waals surface area contributed by atoms with E-state index >= 15 is 0 Å². The number of amides is 1. The molecule has 0 bridgehead atoms. The van der Waals surface area contributed by atoms with Gasteiger partial charge in [-0.2, -0.15) is 0 Å². The third kappa shape index (κ3) is 2.78. The third-order valence-corrected chi connectivity index (χ3v) is 4.08. The van der Waals surface area contributed by atoms with Crippen LogP contribution in [0.15, 0.2) is 21.2 Å². The number of carbonyl (C=O) groups excluding carboxylic acids is 1. The summed E-state index contributed by atoms with van der Waals surface area (Å²) < 4.78 is 5.92. The molecule has 2 fully saturated rings. The Morgan fingerprint density at radius 3 is 2.56 bits per heavy atom. The van der Waals surface area contributed by atoms with Crippen molar-refractivity contribution >= 4 is 21.8 Å². The van der Waals surface area contributed by atoms with Crippen LogP contribution in [0.1, 0.15) is 23.4 Å². The van der Waals surface area contributed by atoms with Gasteiger partial charge in [-0.1, -0.05) is 0 Å². The summed E-state index contributed by atoms with van der Waals surface area (Å²) in [5.41, 5.74) is 0. The van der Waals surface area contributed by atoms with E-state index in [2.05, 4.69) is 20.8 Å². The van der Waals surface area contributed by atoms with Crippen LogP contribution >= 0.6 is 15.9 Å². The van der Waals surface area contributed by atoms with Gasteiger partial charge in [-0.15, -0.1) is 0 Å². The number of rotatable bonds is 3. The lowest BCUT2D eigenvalue weighted by molar-refractivity contribution is 0.0600. The van der Waals surface area contributed by atoms with E-state index in [4.69, 9.17) is 4.42 Å². The second-order valence-corrected chi connectivity index (χ2v) is 5.92. The van der Waals surface area contributed by atoms with Gasteiger partial charge in [-0.3, -0.25) is 9.69 Å². The van der Waals surface area contributed by atoms with Gasteiger partial charge in [0.05, 0.1) is 0 Å². The van der Waals surface area contributed by atoms with Crippen molar-refractivity contribution < 1.29 is 9.21 Å². The summed E-state index contributed by atoms with van der Waals surface area (Å²) in [6.45, 7) is 4.82. The third-order valence-electron chi connectivity index (χ3n) is 3.66. The summed E-state index contributed by atoms with van der Waals surface area (Å²) in [4.78, 5) is 16.5. The molecule has 0 aromatic carbocycles. The minimum atomic E-state index is 0.00627. The quantitative estimate of drug-likeness (QED) is 0.858. The SMILES string of the molecule is O=C(c1ccc(Br)o1)N1CCN(CC2CC2)CC1. The van der Waals surface area contributed by atoms with E-state index in [0.29, 0.717) is 10.4 Å². The summed E-state index contributed by atoms with van der Waals surface area (Å²) >= 11 is 3.22. The zero-order chi connectivity index (χ0) is 12.5. The van der Waals surface area contributed by atoms with Gasteiger partial charge in [0.1, 0.15) is 0 Å². The first-order valence-electron chi connectivity index (χ1n) is 6.49. The van der Waals surface area contributed by atoms with Gasteiger partial charge < -0.3 is 9.32 Å². The Labute approximate surface area is 115 Å². The summed E-state index contributed by atoms with van der Waals surface area (Å²) in [6, 6.07) is 3.49. The zero-order valence-electron chi connectivity index (χ0n) is 10.3. The highest BCUT2D eigenvalue weighted by atomic mass is 79.9. The lowest BCUT2D eigenvalue weighted by Gasteiger charge is -2.34. The monoisotopic (exact) mass is 312 g/mol. The lowest BCUT2D eigenvalue weighted by Crippen LogP contribution is -2.49. The molecule has 1 aromatic heterocycles. The highest BCUT2D eigenvalue weighted by Gasteiger charge is 2.28. The summed E-state index contributed by atoms with van der Waals surface area (Å²) in [7, 11) is 0. The maximum Gasteiger partial charge on any atom is 0.289 e. The molecular formula is C13H17BrN2O2. The molecule has 0 unspecified atom stereocenters. The molecule has 2 aliphatic rings. The van der Waals surface area contributed by atoms with Crippen LogP contribution < -0.4 is 0 Å². The fraction of sp³-hybridized carbons (Fsp3) is 0.615. The van der Waals surface area contributed by atoms with Gasteiger partial charge in [0.15, 0.2) is 10.4 Å². The molecule has 0 N–H and O–H groups in total. The minimum absolute atomic E-state index is 0.00627. The Bertz CT molecular complexity index is 434. The van der Waals surface area contributed by atoms with Crippen LogP contribution in [0, 0.1) is 5.92 Å². The van der Waals surface area contributed by atoms with Crippen molar-refractivity contribution in [2.75, 3.05) is 32.7 Å². The maximum absolute atomic E-state index is 12.1. The second kappa shape index (κ2) is 5.05. The molecule has 4 nitrogen and oxygen atoms in total.